The first-order valence-corrected chi connectivity index (χ1v) is 2.96. The molecule has 0 aromatic heterocycles. The van der Waals surface area contributed by atoms with E-state index >= 15 is 0 Å². The summed E-state index contributed by atoms with van der Waals surface area (Å²) >= 11 is 9.96. The summed E-state index contributed by atoms with van der Waals surface area (Å²) < 4.78 is 0. The van der Waals surface area contributed by atoms with Crippen LogP contribution in [-0.4, -0.2) is 27.6 Å². The summed E-state index contributed by atoms with van der Waals surface area (Å²) in [6.07, 6.45) is 0. The molecule has 2 N–H and O–H groups in total. The standard InChI is InChI=1S/C2H4Cl2O.C2H4O2/c3-2(4)1-5;1-2(3)4/h2,5H,1H2;1H3,(H,3,4). The van der Waals surface area contributed by atoms with Crippen LogP contribution in [0.15, 0.2) is 0 Å². The van der Waals surface area contributed by atoms with E-state index < -0.39 is 10.8 Å². The van der Waals surface area contributed by atoms with Gasteiger partial charge in [-0.2, -0.15) is 0 Å². The number of alkyl halides is 2. The number of carboxylic acids is 1. The van der Waals surface area contributed by atoms with Crippen molar-refractivity contribution in [1.29, 1.82) is 0 Å². The maximum absolute atomic E-state index is 9.00. The van der Waals surface area contributed by atoms with Crippen LogP contribution < -0.4 is 0 Å². The summed E-state index contributed by atoms with van der Waals surface area (Å²) in [6, 6.07) is 0. The molecule has 0 aliphatic heterocycles. The van der Waals surface area contributed by atoms with Crippen LogP contribution in [0.4, 0.5) is 0 Å². The summed E-state index contributed by atoms with van der Waals surface area (Å²) in [6.45, 7) is 0.920. The van der Waals surface area contributed by atoms with Crippen molar-refractivity contribution < 1.29 is 15.0 Å². The molecule has 0 saturated carbocycles. The molecule has 0 saturated heterocycles. The molecule has 0 rings (SSSR count). The Bertz CT molecular complexity index is 70.2. The zero-order valence-electron chi connectivity index (χ0n) is 4.84. The Morgan fingerprint density at radius 1 is 1.67 bits per heavy atom. The van der Waals surface area contributed by atoms with Gasteiger partial charge in [-0.15, -0.1) is 23.2 Å². The second kappa shape index (κ2) is 8.01. The highest BCUT2D eigenvalue weighted by molar-refractivity contribution is 6.44. The van der Waals surface area contributed by atoms with Crippen molar-refractivity contribution in [3.63, 3.8) is 0 Å². The minimum Gasteiger partial charge on any atom is -0.481 e. The van der Waals surface area contributed by atoms with Gasteiger partial charge in [-0.25, -0.2) is 0 Å². The number of carboxylic acid groups (broad SMARTS) is 1. The highest BCUT2D eigenvalue weighted by atomic mass is 35.5. The molecule has 0 amide bonds. The van der Waals surface area contributed by atoms with Crippen LogP contribution in [0.25, 0.3) is 0 Å². The van der Waals surface area contributed by atoms with Crippen LogP contribution in [-0.2, 0) is 4.79 Å². The smallest absolute Gasteiger partial charge is 0.300 e. The van der Waals surface area contributed by atoms with E-state index in [1.807, 2.05) is 0 Å². The molecule has 0 radical (unpaired) electrons. The maximum atomic E-state index is 9.00. The normalized spacial score (nSPS) is 8.11. The predicted molar refractivity (Wildman–Crippen MR) is 35.9 cm³/mol. The number of halogens is 2. The molecule has 0 spiro atoms. The second-order valence-corrected chi connectivity index (χ2v) is 2.37. The molecule has 0 aliphatic carbocycles. The van der Waals surface area contributed by atoms with Gasteiger partial charge in [-0.3, -0.25) is 4.79 Å². The van der Waals surface area contributed by atoms with Crippen molar-refractivity contribution in [3.05, 3.63) is 0 Å². The van der Waals surface area contributed by atoms with Crippen LogP contribution in [0.1, 0.15) is 6.92 Å². The van der Waals surface area contributed by atoms with Crippen molar-refractivity contribution in [2.75, 3.05) is 6.61 Å². The first kappa shape index (κ1) is 11.8. The molecule has 0 aliphatic rings. The molecule has 0 atom stereocenters. The Labute approximate surface area is 63.2 Å². The SMILES string of the molecule is CC(=O)O.OCC(Cl)Cl. The summed E-state index contributed by atoms with van der Waals surface area (Å²) in [4.78, 5) is 8.38. The number of aliphatic carboxylic acids is 1. The van der Waals surface area contributed by atoms with Gasteiger partial charge in [0.15, 0.2) is 0 Å². The first-order chi connectivity index (χ1) is 4.00. The van der Waals surface area contributed by atoms with Crippen LogP contribution >= 0.6 is 23.2 Å². The minimum atomic E-state index is -0.833. The van der Waals surface area contributed by atoms with Gasteiger partial charge in [0.2, 0.25) is 0 Å². The number of aliphatic hydroxyl groups is 1. The Morgan fingerprint density at radius 3 is 1.78 bits per heavy atom. The van der Waals surface area contributed by atoms with Gasteiger partial charge in [0.1, 0.15) is 4.84 Å². The van der Waals surface area contributed by atoms with Gasteiger partial charge in [0.25, 0.3) is 5.97 Å². The third kappa shape index (κ3) is 71.6. The van der Waals surface area contributed by atoms with Crippen molar-refractivity contribution in [3.8, 4) is 0 Å². The minimum absolute atomic E-state index is 0.164. The summed E-state index contributed by atoms with van der Waals surface area (Å²) in [5, 5.41) is 15.3. The van der Waals surface area contributed by atoms with Gasteiger partial charge in [-0.05, 0) is 0 Å². The number of carbonyl (C=O) groups is 1. The Hall–Kier alpha value is 0.01000. The van der Waals surface area contributed by atoms with E-state index in [-0.39, 0.29) is 6.61 Å². The largest absolute Gasteiger partial charge is 0.481 e. The fraction of sp³-hybridized carbons (Fsp3) is 0.750. The van der Waals surface area contributed by atoms with Crippen LogP contribution in [0.2, 0.25) is 0 Å². The topological polar surface area (TPSA) is 57.5 Å². The van der Waals surface area contributed by atoms with Crippen LogP contribution in [0.5, 0.6) is 0 Å². The predicted octanol–water partition coefficient (Wildman–Crippen LogP) is 0.873. The van der Waals surface area contributed by atoms with E-state index in [0.717, 1.165) is 6.92 Å². The lowest BCUT2D eigenvalue weighted by Gasteiger charge is -1.84. The molecule has 0 heterocycles. The Morgan fingerprint density at radius 2 is 1.78 bits per heavy atom. The van der Waals surface area contributed by atoms with E-state index in [4.69, 9.17) is 38.2 Å². The lowest BCUT2D eigenvalue weighted by Crippen LogP contribution is -1.90. The van der Waals surface area contributed by atoms with E-state index in [0.29, 0.717) is 0 Å². The van der Waals surface area contributed by atoms with Crippen molar-refractivity contribution in [2.45, 2.75) is 11.8 Å². The van der Waals surface area contributed by atoms with Crippen LogP contribution in [0, 0.1) is 0 Å². The average Bonchev–Trinajstić information content (AvgIpc) is 1.65. The van der Waals surface area contributed by atoms with E-state index in [1.165, 1.54) is 0 Å². The van der Waals surface area contributed by atoms with E-state index in [9.17, 15) is 0 Å². The quantitative estimate of drug-likeness (QED) is 0.581. The molecule has 0 aromatic rings. The highest BCUT2D eigenvalue weighted by Gasteiger charge is 1.88. The van der Waals surface area contributed by atoms with Crippen LogP contribution in [0.3, 0.4) is 0 Å². The zero-order chi connectivity index (χ0) is 7.86. The molecule has 0 fully saturated rings. The molecule has 0 bridgehead atoms. The molecule has 5 heteroatoms. The second-order valence-electron chi connectivity index (χ2n) is 1.09. The summed E-state index contributed by atoms with van der Waals surface area (Å²) in [5.41, 5.74) is 0. The van der Waals surface area contributed by atoms with E-state index in [2.05, 4.69) is 0 Å². The molecule has 0 unspecified atom stereocenters. The first-order valence-electron chi connectivity index (χ1n) is 2.09. The Kier molecular flexibility index (Phi) is 10.5. The molecular formula is C4H8Cl2O3. The zero-order valence-corrected chi connectivity index (χ0v) is 6.35. The average molecular weight is 175 g/mol. The summed E-state index contributed by atoms with van der Waals surface area (Å²) in [5.74, 6) is -0.833. The van der Waals surface area contributed by atoms with Gasteiger partial charge in [-0.1, -0.05) is 0 Å². The summed E-state index contributed by atoms with van der Waals surface area (Å²) in [7, 11) is 0. The molecule has 9 heavy (non-hydrogen) atoms. The fourth-order valence-electron chi connectivity index (χ4n) is 0. The van der Waals surface area contributed by atoms with Gasteiger partial charge in [0.05, 0.1) is 6.61 Å². The number of aliphatic hydroxyl groups excluding tert-OH is 1. The van der Waals surface area contributed by atoms with Gasteiger partial charge >= 0.3 is 0 Å². The molecular weight excluding hydrogens is 167 g/mol. The number of hydrogen-bond acceptors (Lipinski definition) is 2. The molecule has 56 valence electrons. The number of hydrogen-bond donors (Lipinski definition) is 2. The fourth-order valence-corrected chi connectivity index (χ4v) is 0. The molecule has 3 nitrogen and oxygen atoms in total. The van der Waals surface area contributed by atoms with Gasteiger partial charge in [0, 0.05) is 6.92 Å². The van der Waals surface area contributed by atoms with E-state index in [1.54, 1.807) is 0 Å². The Balaban J connectivity index is 0. The third-order valence-corrected chi connectivity index (χ3v) is 0.414. The monoisotopic (exact) mass is 174 g/mol. The lowest BCUT2D eigenvalue weighted by molar-refractivity contribution is -0.134. The third-order valence-electron chi connectivity index (χ3n) is 0.138. The van der Waals surface area contributed by atoms with Crippen molar-refractivity contribution >= 4 is 29.2 Å². The number of rotatable bonds is 1. The maximum Gasteiger partial charge on any atom is 0.300 e. The van der Waals surface area contributed by atoms with Crippen molar-refractivity contribution in [2.24, 2.45) is 0 Å². The molecule has 0 aromatic carbocycles. The highest BCUT2D eigenvalue weighted by Crippen LogP contribution is 1.96. The van der Waals surface area contributed by atoms with Crippen molar-refractivity contribution in [1.82, 2.24) is 0 Å². The van der Waals surface area contributed by atoms with Gasteiger partial charge < -0.3 is 10.2 Å². The lowest BCUT2D eigenvalue weighted by atomic mass is 10.9.